The van der Waals surface area contributed by atoms with E-state index in [4.69, 9.17) is 17.0 Å². The van der Waals surface area contributed by atoms with Crippen molar-refractivity contribution in [1.29, 1.82) is 0 Å². The van der Waals surface area contributed by atoms with E-state index < -0.39 is 0 Å². The summed E-state index contributed by atoms with van der Waals surface area (Å²) >= 11 is 5.93. The Balaban J connectivity index is 1.56. The van der Waals surface area contributed by atoms with Gasteiger partial charge in [0.05, 0.1) is 13.2 Å². The molecule has 1 aromatic rings. The second-order valence-corrected chi connectivity index (χ2v) is 9.28. The molecule has 0 radical (unpaired) electrons. The molecule has 168 valence electrons. The van der Waals surface area contributed by atoms with Gasteiger partial charge in [-0.2, -0.15) is 0 Å². The Labute approximate surface area is 189 Å². The maximum absolute atomic E-state index is 5.93. The molecule has 1 aliphatic heterocycles. The molecule has 2 aliphatic rings. The van der Waals surface area contributed by atoms with Gasteiger partial charge >= 0.3 is 0 Å². The molecule has 0 atom stereocenters. The molecular weight excluding hydrogens is 390 g/mol. The molecule has 1 saturated carbocycles. The molecule has 1 N–H and O–H groups in total. The van der Waals surface area contributed by atoms with Crippen LogP contribution < -0.4 is 5.32 Å². The second-order valence-electron chi connectivity index (χ2n) is 8.89. The first kappa shape index (κ1) is 23.5. The molecule has 30 heavy (non-hydrogen) atoms. The number of hydrogen-bond donors (Lipinski definition) is 1. The monoisotopic (exact) mass is 431 g/mol. The van der Waals surface area contributed by atoms with Crippen molar-refractivity contribution in [3.05, 3.63) is 35.4 Å². The van der Waals surface area contributed by atoms with Crippen LogP contribution in [0.4, 0.5) is 0 Å². The average molecular weight is 432 g/mol. The summed E-state index contributed by atoms with van der Waals surface area (Å²) in [7, 11) is 0. The number of nitrogens with one attached hydrogen (secondary N) is 1. The maximum atomic E-state index is 5.93. The van der Waals surface area contributed by atoms with E-state index in [0.29, 0.717) is 6.04 Å². The highest BCUT2D eigenvalue weighted by atomic mass is 32.1. The van der Waals surface area contributed by atoms with Crippen molar-refractivity contribution in [1.82, 2.24) is 15.1 Å². The third kappa shape index (κ3) is 8.16. The third-order valence-corrected chi connectivity index (χ3v) is 6.91. The van der Waals surface area contributed by atoms with Gasteiger partial charge in [0.15, 0.2) is 5.11 Å². The fourth-order valence-corrected chi connectivity index (χ4v) is 4.85. The van der Waals surface area contributed by atoms with Gasteiger partial charge in [0.25, 0.3) is 0 Å². The molecule has 0 unspecified atom stereocenters. The van der Waals surface area contributed by atoms with Gasteiger partial charge in [0, 0.05) is 38.8 Å². The Morgan fingerprint density at radius 3 is 2.33 bits per heavy atom. The standard InChI is InChI=1S/C25H41N3OS/c1-2-22-11-13-23(14-12-22)21-28(16-8-15-27-17-19-29-20-18-27)25(30)26-24-9-6-4-3-5-7-10-24/h11-14,24H,2-10,15-21H2,1H3,(H,26,30). The first-order valence-corrected chi connectivity index (χ1v) is 12.6. The number of hydrogen-bond acceptors (Lipinski definition) is 3. The molecule has 3 rings (SSSR count). The van der Waals surface area contributed by atoms with Crippen molar-refractivity contribution < 1.29 is 4.74 Å². The van der Waals surface area contributed by atoms with E-state index in [1.165, 1.54) is 56.1 Å². The Bertz CT molecular complexity index is 607. The van der Waals surface area contributed by atoms with Crippen LogP contribution in [0.5, 0.6) is 0 Å². The molecule has 1 aromatic carbocycles. The van der Waals surface area contributed by atoms with E-state index in [2.05, 4.69) is 46.3 Å². The molecule has 1 saturated heterocycles. The largest absolute Gasteiger partial charge is 0.379 e. The molecular formula is C25H41N3OS. The van der Waals surface area contributed by atoms with E-state index in [-0.39, 0.29) is 0 Å². The second kappa shape index (κ2) is 13.3. The smallest absolute Gasteiger partial charge is 0.169 e. The Kier molecular flexibility index (Phi) is 10.4. The quantitative estimate of drug-likeness (QED) is 0.599. The molecule has 0 amide bonds. The normalized spacial score (nSPS) is 19.1. The molecule has 5 heteroatoms. The minimum Gasteiger partial charge on any atom is -0.379 e. The van der Waals surface area contributed by atoms with Crippen molar-refractivity contribution in [2.45, 2.75) is 77.3 Å². The molecule has 0 spiro atoms. The Hall–Kier alpha value is -1.17. The first-order valence-electron chi connectivity index (χ1n) is 12.2. The zero-order valence-corrected chi connectivity index (χ0v) is 19.7. The zero-order valence-electron chi connectivity index (χ0n) is 18.9. The van der Waals surface area contributed by atoms with Gasteiger partial charge in [-0.05, 0) is 49.0 Å². The fraction of sp³-hybridized carbons (Fsp3) is 0.720. The van der Waals surface area contributed by atoms with E-state index in [1.54, 1.807) is 0 Å². The topological polar surface area (TPSA) is 27.7 Å². The highest BCUT2D eigenvalue weighted by molar-refractivity contribution is 7.80. The number of thiocarbonyl (C=S) groups is 1. The van der Waals surface area contributed by atoms with Gasteiger partial charge < -0.3 is 15.0 Å². The third-order valence-electron chi connectivity index (χ3n) is 6.53. The van der Waals surface area contributed by atoms with Gasteiger partial charge in [-0.1, -0.05) is 63.3 Å². The summed E-state index contributed by atoms with van der Waals surface area (Å²) in [6, 6.07) is 9.60. The lowest BCUT2D eigenvalue weighted by Gasteiger charge is -2.32. The van der Waals surface area contributed by atoms with Crippen LogP contribution in [0.25, 0.3) is 0 Å². The van der Waals surface area contributed by atoms with Crippen molar-refractivity contribution in [2.75, 3.05) is 39.4 Å². The van der Waals surface area contributed by atoms with Crippen LogP contribution in [-0.4, -0.2) is 60.3 Å². The summed E-state index contributed by atoms with van der Waals surface area (Å²) in [5.74, 6) is 0. The van der Waals surface area contributed by atoms with E-state index >= 15 is 0 Å². The molecule has 4 nitrogen and oxygen atoms in total. The number of aryl methyl sites for hydroxylation is 1. The number of rotatable bonds is 8. The maximum Gasteiger partial charge on any atom is 0.169 e. The van der Waals surface area contributed by atoms with Crippen molar-refractivity contribution >= 4 is 17.3 Å². The lowest BCUT2D eigenvalue weighted by atomic mass is 9.97. The van der Waals surface area contributed by atoms with Gasteiger partial charge in [0.1, 0.15) is 0 Å². The predicted octanol–water partition coefficient (Wildman–Crippen LogP) is 4.76. The summed E-state index contributed by atoms with van der Waals surface area (Å²) in [4.78, 5) is 4.92. The summed E-state index contributed by atoms with van der Waals surface area (Å²) in [6.07, 6.45) is 11.5. The highest BCUT2D eigenvalue weighted by Gasteiger charge is 2.17. The van der Waals surface area contributed by atoms with E-state index in [1.807, 2.05) is 0 Å². The summed E-state index contributed by atoms with van der Waals surface area (Å²) in [5, 5.41) is 4.69. The molecule has 1 heterocycles. The number of nitrogens with zero attached hydrogens (tertiary/aromatic N) is 2. The van der Waals surface area contributed by atoms with Crippen LogP contribution >= 0.6 is 12.2 Å². The van der Waals surface area contributed by atoms with E-state index in [9.17, 15) is 0 Å². The summed E-state index contributed by atoms with van der Waals surface area (Å²) in [5.41, 5.74) is 2.74. The summed E-state index contributed by atoms with van der Waals surface area (Å²) in [6.45, 7) is 9.09. The number of ether oxygens (including phenoxy) is 1. The van der Waals surface area contributed by atoms with Crippen LogP contribution in [0.3, 0.4) is 0 Å². The minimum absolute atomic E-state index is 0.544. The fourth-order valence-electron chi connectivity index (χ4n) is 4.53. The average Bonchev–Trinajstić information content (AvgIpc) is 2.76. The SMILES string of the molecule is CCc1ccc(CN(CCCN2CCOCC2)C(=S)NC2CCCCCCC2)cc1. The molecule has 1 aliphatic carbocycles. The first-order chi connectivity index (χ1) is 14.7. The van der Waals surface area contributed by atoms with Crippen molar-refractivity contribution in [3.63, 3.8) is 0 Å². The predicted molar refractivity (Wildman–Crippen MR) is 130 cm³/mol. The Morgan fingerprint density at radius 2 is 1.67 bits per heavy atom. The van der Waals surface area contributed by atoms with Crippen LogP contribution in [-0.2, 0) is 17.7 Å². The van der Waals surface area contributed by atoms with Crippen LogP contribution in [0.2, 0.25) is 0 Å². The summed E-state index contributed by atoms with van der Waals surface area (Å²) < 4.78 is 5.48. The van der Waals surface area contributed by atoms with Crippen LogP contribution in [0.15, 0.2) is 24.3 Å². The van der Waals surface area contributed by atoms with Crippen LogP contribution in [0.1, 0.15) is 69.4 Å². The number of morpholine rings is 1. The zero-order chi connectivity index (χ0) is 21.0. The number of benzene rings is 1. The molecule has 2 fully saturated rings. The molecule has 0 bridgehead atoms. The van der Waals surface area contributed by atoms with Crippen molar-refractivity contribution in [3.8, 4) is 0 Å². The van der Waals surface area contributed by atoms with Gasteiger partial charge in [-0.25, -0.2) is 0 Å². The van der Waals surface area contributed by atoms with Gasteiger partial charge in [0.2, 0.25) is 0 Å². The van der Waals surface area contributed by atoms with Gasteiger partial charge in [-0.15, -0.1) is 0 Å². The van der Waals surface area contributed by atoms with Crippen molar-refractivity contribution in [2.24, 2.45) is 0 Å². The van der Waals surface area contributed by atoms with Crippen LogP contribution in [0, 0.1) is 0 Å². The minimum atomic E-state index is 0.544. The lowest BCUT2D eigenvalue weighted by Crippen LogP contribution is -2.45. The Morgan fingerprint density at radius 1 is 1.03 bits per heavy atom. The lowest BCUT2D eigenvalue weighted by molar-refractivity contribution is 0.0367. The highest BCUT2D eigenvalue weighted by Crippen LogP contribution is 2.18. The van der Waals surface area contributed by atoms with Gasteiger partial charge in [-0.3, -0.25) is 4.90 Å². The molecule has 0 aromatic heterocycles. The van der Waals surface area contributed by atoms with E-state index in [0.717, 1.165) is 63.9 Å².